The molecule has 1 fully saturated rings. The van der Waals surface area contributed by atoms with Crippen LogP contribution < -0.4 is 21.5 Å². The molecule has 30 heavy (non-hydrogen) atoms. The zero-order chi connectivity index (χ0) is 21.3. The number of carbonyl (C=O) groups excluding carboxylic acids is 1. The number of fused-ring (bicyclic) bond motifs is 1. The molecule has 1 aliphatic rings. The summed E-state index contributed by atoms with van der Waals surface area (Å²) in [5.41, 5.74) is 12.5. The highest BCUT2D eigenvalue weighted by molar-refractivity contribution is 5.94. The Morgan fingerprint density at radius 2 is 1.97 bits per heavy atom. The van der Waals surface area contributed by atoms with E-state index in [2.05, 4.69) is 20.3 Å². The van der Waals surface area contributed by atoms with Crippen molar-refractivity contribution in [2.24, 2.45) is 5.73 Å². The van der Waals surface area contributed by atoms with Gasteiger partial charge in [0.25, 0.3) is 5.91 Å². The number of imidazole rings is 1. The molecule has 1 saturated carbocycles. The lowest BCUT2D eigenvalue weighted by Gasteiger charge is -2.18. The molecular weight excluding hydrogens is 390 g/mol. The fraction of sp³-hybridized carbons (Fsp3) is 0.368. The summed E-state index contributed by atoms with van der Waals surface area (Å²) in [4.78, 5) is 24.9. The number of nitrogens with one attached hydrogen (secondary N) is 1. The highest BCUT2D eigenvalue weighted by atomic mass is 16.5. The quantitative estimate of drug-likeness (QED) is 0.347. The standard InChI is InChI=1S/C19H23N7O4/c20-5-6-30-11-3-1-10(2-4-11)19(29)25-12-7-13(16(28)15(12)27)26-9-24-14-17(21)22-8-23-18(14)26/h1-4,8-9,12-13,15-16,27-28H,5-7,20H2,(H,25,29)(H2,21,22,23)/t12-,13+,15-,16+/m0/s1. The number of nitrogens with two attached hydrogens (primary N) is 2. The number of nitrogens with zero attached hydrogens (tertiary/aromatic N) is 4. The lowest BCUT2D eigenvalue weighted by Crippen LogP contribution is -2.43. The van der Waals surface area contributed by atoms with Gasteiger partial charge in [0.2, 0.25) is 0 Å². The third kappa shape index (κ3) is 3.65. The molecular formula is C19H23N7O4. The van der Waals surface area contributed by atoms with Crippen molar-refractivity contribution in [1.29, 1.82) is 0 Å². The third-order valence-corrected chi connectivity index (χ3v) is 5.22. The second kappa shape index (κ2) is 8.22. The van der Waals surface area contributed by atoms with E-state index in [-0.39, 0.29) is 11.7 Å². The first-order valence-electron chi connectivity index (χ1n) is 9.52. The van der Waals surface area contributed by atoms with Crippen molar-refractivity contribution in [2.75, 3.05) is 18.9 Å². The maximum Gasteiger partial charge on any atom is 0.251 e. The molecule has 7 N–H and O–H groups in total. The monoisotopic (exact) mass is 413 g/mol. The van der Waals surface area contributed by atoms with Crippen LogP contribution in [-0.4, -0.2) is 67.0 Å². The molecule has 2 heterocycles. The predicted octanol–water partition coefficient (Wildman–Crippen LogP) is -0.789. The van der Waals surface area contributed by atoms with Crippen LogP contribution in [0.2, 0.25) is 0 Å². The zero-order valence-corrected chi connectivity index (χ0v) is 16.0. The minimum absolute atomic E-state index is 0.232. The normalized spacial score (nSPS) is 23.6. The fourth-order valence-electron chi connectivity index (χ4n) is 3.67. The molecule has 0 unspecified atom stereocenters. The lowest BCUT2D eigenvalue weighted by molar-refractivity contribution is 0.0143. The highest BCUT2D eigenvalue weighted by Crippen LogP contribution is 2.33. The molecule has 2 aromatic heterocycles. The molecule has 3 aromatic rings. The van der Waals surface area contributed by atoms with Gasteiger partial charge in [0.05, 0.1) is 18.4 Å². The summed E-state index contributed by atoms with van der Waals surface area (Å²) in [6.45, 7) is 0.786. The Morgan fingerprint density at radius 1 is 1.20 bits per heavy atom. The van der Waals surface area contributed by atoms with Gasteiger partial charge in [-0.05, 0) is 30.7 Å². The van der Waals surface area contributed by atoms with Gasteiger partial charge in [0, 0.05) is 12.1 Å². The Kier molecular flexibility index (Phi) is 5.48. The number of aliphatic hydroxyl groups is 2. The largest absolute Gasteiger partial charge is 0.492 e. The maximum atomic E-state index is 12.6. The van der Waals surface area contributed by atoms with E-state index < -0.39 is 24.3 Å². The van der Waals surface area contributed by atoms with E-state index in [4.69, 9.17) is 16.2 Å². The highest BCUT2D eigenvalue weighted by Gasteiger charge is 2.43. The van der Waals surface area contributed by atoms with Gasteiger partial charge in [0.1, 0.15) is 36.4 Å². The number of aliphatic hydroxyl groups excluding tert-OH is 2. The number of nitrogen functional groups attached to an aromatic ring is 1. The molecule has 11 nitrogen and oxygen atoms in total. The Bertz CT molecular complexity index is 1040. The van der Waals surface area contributed by atoms with Crippen molar-refractivity contribution in [2.45, 2.75) is 30.7 Å². The van der Waals surface area contributed by atoms with E-state index in [9.17, 15) is 15.0 Å². The second-order valence-electron chi connectivity index (χ2n) is 7.11. The van der Waals surface area contributed by atoms with Crippen LogP contribution in [0.4, 0.5) is 5.82 Å². The van der Waals surface area contributed by atoms with Crippen molar-refractivity contribution in [3.8, 4) is 5.75 Å². The van der Waals surface area contributed by atoms with Crippen LogP contribution in [0.15, 0.2) is 36.9 Å². The third-order valence-electron chi connectivity index (χ3n) is 5.22. The SMILES string of the molecule is NCCOc1ccc(C(=O)N[C@H]2C[C@@H](n3cnc4c(N)ncnc43)[C@@H](O)[C@H]2O)cc1. The average Bonchev–Trinajstić information content (AvgIpc) is 3.30. The Balaban J connectivity index is 1.48. The zero-order valence-electron chi connectivity index (χ0n) is 16.0. The van der Waals surface area contributed by atoms with Gasteiger partial charge in [-0.25, -0.2) is 15.0 Å². The van der Waals surface area contributed by atoms with Gasteiger partial charge in [-0.3, -0.25) is 4.79 Å². The molecule has 4 atom stereocenters. The maximum absolute atomic E-state index is 12.6. The van der Waals surface area contributed by atoms with Crippen molar-refractivity contribution in [1.82, 2.24) is 24.8 Å². The molecule has 1 aromatic carbocycles. The summed E-state index contributed by atoms with van der Waals surface area (Å²) in [6.07, 6.45) is 0.842. The topological polar surface area (TPSA) is 174 Å². The Hall–Kier alpha value is -3.28. The van der Waals surface area contributed by atoms with Crippen LogP contribution in [0.3, 0.4) is 0 Å². The fourth-order valence-corrected chi connectivity index (χ4v) is 3.67. The molecule has 0 aliphatic heterocycles. The van der Waals surface area contributed by atoms with Gasteiger partial charge in [-0.15, -0.1) is 0 Å². The van der Waals surface area contributed by atoms with Crippen molar-refractivity contribution >= 4 is 22.9 Å². The van der Waals surface area contributed by atoms with Crippen molar-refractivity contribution < 1.29 is 19.7 Å². The molecule has 0 spiro atoms. The Labute approximate surface area is 171 Å². The summed E-state index contributed by atoms with van der Waals surface area (Å²) in [7, 11) is 0. The summed E-state index contributed by atoms with van der Waals surface area (Å²) < 4.78 is 7.05. The number of anilines is 1. The number of ether oxygens (including phenoxy) is 1. The van der Waals surface area contributed by atoms with Crippen LogP contribution >= 0.6 is 0 Å². The van der Waals surface area contributed by atoms with Gasteiger partial charge < -0.3 is 36.3 Å². The molecule has 158 valence electrons. The predicted molar refractivity (Wildman–Crippen MR) is 108 cm³/mol. The number of amides is 1. The summed E-state index contributed by atoms with van der Waals surface area (Å²) in [5.74, 6) is 0.483. The lowest BCUT2D eigenvalue weighted by atomic mass is 10.1. The second-order valence-corrected chi connectivity index (χ2v) is 7.11. The number of rotatable bonds is 6. The van der Waals surface area contributed by atoms with E-state index in [1.54, 1.807) is 28.8 Å². The van der Waals surface area contributed by atoms with E-state index in [1.807, 2.05) is 0 Å². The van der Waals surface area contributed by atoms with Gasteiger partial charge in [-0.2, -0.15) is 0 Å². The number of carbonyl (C=O) groups is 1. The van der Waals surface area contributed by atoms with Gasteiger partial charge in [0.15, 0.2) is 11.5 Å². The van der Waals surface area contributed by atoms with E-state index >= 15 is 0 Å². The molecule has 0 bridgehead atoms. The minimum atomic E-state index is -1.15. The Morgan fingerprint density at radius 3 is 2.70 bits per heavy atom. The smallest absolute Gasteiger partial charge is 0.251 e. The first-order valence-corrected chi connectivity index (χ1v) is 9.52. The first-order chi connectivity index (χ1) is 14.5. The van der Waals surface area contributed by atoms with E-state index in [0.717, 1.165) is 0 Å². The number of hydrogen-bond acceptors (Lipinski definition) is 9. The number of hydrogen-bond donors (Lipinski definition) is 5. The summed E-state index contributed by atoms with van der Waals surface area (Å²) in [5, 5.41) is 23.9. The molecule has 0 radical (unpaired) electrons. The molecule has 11 heteroatoms. The van der Waals surface area contributed by atoms with Crippen molar-refractivity contribution in [3.63, 3.8) is 0 Å². The van der Waals surface area contributed by atoms with E-state index in [1.165, 1.54) is 12.7 Å². The van der Waals surface area contributed by atoms with Crippen molar-refractivity contribution in [3.05, 3.63) is 42.5 Å². The van der Waals surface area contributed by atoms with E-state index in [0.29, 0.717) is 42.0 Å². The molecule has 0 saturated heterocycles. The van der Waals surface area contributed by atoms with Gasteiger partial charge >= 0.3 is 0 Å². The summed E-state index contributed by atoms with van der Waals surface area (Å²) in [6, 6.07) is 5.42. The summed E-state index contributed by atoms with van der Waals surface area (Å²) >= 11 is 0. The molecule has 1 amide bonds. The average molecular weight is 413 g/mol. The van der Waals surface area contributed by atoms with Crippen LogP contribution in [0.25, 0.3) is 11.2 Å². The molecule has 4 rings (SSSR count). The first kappa shape index (κ1) is 20.0. The van der Waals surface area contributed by atoms with Crippen LogP contribution in [-0.2, 0) is 0 Å². The van der Waals surface area contributed by atoms with Gasteiger partial charge in [-0.1, -0.05) is 0 Å². The molecule has 1 aliphatic carbocycles. The van der Waals surface area contributed by atoms with Crippen LogP contribution in [0.1, 0.15) is 22.8 Å². The minimum Gasteiger partial charge on any atom is -0.492 e. The van der Waals surface area contributed by atoms with Crippen LogP contribution in [0.5, 0.6) is 5.75 Å². The van der Waals surface area contributed by atoms with Crippen LogP contribution in [0, 0.1) is 0 Å². The number of benzene rings is 1. The number of aromatic nitrogens is 4.